The van der Waals surface area contributed by atoms with Crippen molar-refractivity contribution in [2.24, 2.45) is 5.41 Å². The molecule has 19 heavy (non-hydrogen) atoms. The predicted molar refractivity (Wildman–Crippen MR) is 80.9 cm³/mol. The summed E-state index contributed by atoms with van der Waals surface area (Å²) in [6.45, 7) is 8.71. The number of carbonyl (C=O) groups excluding carboxylic acids is 1. The van der Waals surface area contributed by atoms with Gasteiger partial charge in [-0.3, -0.25) is 4.79 Å². The van der Waals surface area contributed by atoms with E-state index >= 15 is 0 Å². The highest BCUT2D eigenvalue weighted by molar-refractivity contribution is 6.83. The van der Waals surface area contributed by atoms with E-state index < -0.39 is 13.5 Å². The molecule has 0 aromatic heterocycles. The molecule has 1 atom stereocenters. The molecule has 0 aromatic rings. The van der Waals surface area contributed by atoms with E-state index in [-0.39, 0.29) is 11.4 Å². The number of hydrogen-bond acceptors (Lipinski definition) is 2. The predicted octanol–water partition coefficient (Wildman–Crippen LogP) is 3.63. The fourth-order valence-corrected chi connectivity index (χ4v) is 2.45. The average molecular weight is 271 g/mol. The maximum Gasteiger partial charge on any atom is 0.195 e. The van der Waals surface area contributed by atoms with Crippen molar-refractivity contribution in [2.75, 3.05) is 0 Å². The van der Waals surface area contributed by atoms with Crippen LogP contribution in [0, 0.1) is 28.2 Å². The molecule has 100 valence electrons. The van der Waals surface area contributed by atoms with E-state index in [4.69, 9.17) is 5.26 Å². The topological polar surface area (TPSA) is 40.9 Å². The summed E-state index contributed by atoms with van der Waals surface area (Å²) >= 11 is 0. The molecule has 1 aliphatic rings. The van der Waals surface area contributed by atoms with Crippen LogP contribution in [0.1, 0.15) is 26.2 Å². The Labute approximate surface area is 117 Å². The van der Waals surface area contributed by atoms with Gasteiger partial charge in [0, 0.05) is 0 Å². The van der Waals surface area contributed by atoms with E-state index in [1.54, 1.807) is 6.08 Å². The lowest BCUT2D eigenvalue weighted by molar-refractivity contribution is -0.111. The Morgan fingerprint density at radius 1 is 1.37 bits per heavy atom. The van der Waals surface area contributed by atoms with Crippen LogP contribution in [0.5, 0.6) is 0 Å². The van der Waals surface area contributed by atoms with Gasteiger partial charge in [-0.2, -0.15) is 5.26 Å². The molecule has 0 saturated carbocycles. The SMILES string of the molecule is CCCCC1(C#C[Si](C)(C)C)C=CC(=O)C(C#N)=C1. The molecular weight excluding hydrogens is 250 g/mol. The Kier molecular flexibility index (Phi) is 4.92. The molecule has 0 N–H and O–H groups in total. The number of rotatable bonds is 3. The molecule has 0 bridgehead atoms. The van der Waals surface area contributed by atoms with Crippen molar-refractivity contribution in [3.05, 3.63) is 23.8 Å². The van der Waals surface area contributed by atoms with Gasteiger partial charge in [-0.25, -0.2) is 0 Å². The molecule has 0 spiro atoms. The van der Waals surface area contributed by atoms with Crippen LogP contribution in [0.2, 0.25) is 19.6 Å². The lowest BCUT2D eigenvalue weighted by Crippen LogP contribution is -2.22. The van der Waals surface area contributed by atoms with Crippen molar-refractivity contribution in [1.29, 1.82) is 5.26 Å². The zero-order valence-electron chi connectivity index (χ0n) is 12.2. The number of unbranched alkanes of at least 4 members (excludes halogenated alkanes) is 1. The first-order valence-electron chi connectivity index (χ1n) is 6.73. The molecule has 0 saturated heterocycles. The molecule has 2 nitrogen and oxygen atoms in total. The van der Waals surface area contributed by atoms with E-state index in [1.807, 2.05) is 12.1 Å². The van der Waals surface area contributed by atoms with Gasteiger partial charge in [0.1, 0.15) is 14.1 Å². The van der Waals surface area contributed by atoms with Crippen molar-refractivity contribution in [3.63, 3.8) is 0 Å². The Morgan fingerprint density at radius 3 is 2.58 bits per heavy atom. The zero-order valence-corrected chi connectivity index (χ0v) is 13.2. The van der Waals surface area contributed by atoms with Gasteiger partial charge in [0.25, 0.3) is 0 Å². The normalized spacial score (nSPS) is 22.3. The Morgan fingerprint density at radius 2 is 2.05 bits per heavy atom. The molecule has 0 amide bonds. The summed E-state index contributed by atoms with van der Waals surface area (Å²) in [4.78, 5) is 11.6. The number of carbonyl (C=O) groups is 1. The van der Waals surface area contributed by atoms with Gasteiger partial charge in [-0.1, -0.05) is 51.4 Å². The second-order valence-corrected chi connectivity index (χ2v) is 10.8. The second kappa shape index (κ2) is 6.04. The highest BCUT2D eigenvalue weighted by Crippen LogP contribution is 2.32. The van der Waals surface area contributed by atoms with Crippen LogP contribution in [0.3, 0.4) is 0 Å². The van der Waals surface area contributed by atoms with Gasteiger partial charge in [-0.05, 0) is 18.6 Å². The van der Waals surface area contributed by atoms with E-state index in [0.717, 1.165) is 19.3 Å². The fraction of sp³-hybridized carbons (Fsp3) is 0.500. The summed E-state index contributed by atoms with van der Waals surface area (Å²) in [5, 5.41) is 9.03. The van der Waals surface area contributed by atoms with Crippen LogP contribution in [0.15, 0.2) is 23.8 Å². The van der Waals surface area contributed by atoms with Gasteiger partial charge in [-0.15, -0.1) is 5.54 Å². The van der Waals surface area contributed by atoms with Gasteiger partial charge < -0.3 is 0 Å². The summed E-state index contributed by atoms with van der Waals surface area (Å²) in [5.41, 5.74) is 3.18. The Hall–Kier alpha value is -1.58. The summed E-state index contributed by atoms with van der Waals surface area (Å²) < 4.78 is 0. The van der Waals surface area contributed by atoms with Gasteiger partial charge >= 0.3 is 0 Å². The number of nitrogens with zero attached hydrogens (tertiary/aromatic N) is 1. The Bertz CT molecular complexity index is 520. The summed E-state index contributed by atoms with van der Waals surface area (Å²) in [6.07, 6.45) is 8.13. The third-order valence-electron chi connectivity index (χ3n) is 2.93. The van der Waals surface area contributed by atoms with Crippen molar-refractivity contribution in [2.45, 2.75) is 45.8 Å². The van der Waals surface area contributed by atoms with Crippen LogP contribution in [-0.4, -0.2) is 13.9 Å². The van der Waals surface area contributed by atoms with Gasteiger partial charge in [0.2, 0.25) is 0 Å². The second-order valence-electron chi connectivity index (χ2n) is 6.01. The zero-order chi connectivity index (χ0) is 14.5. The standard InChI is InChI=1S/C16H21NOSi/c1-5-6-8-16(10-11-19(2,3)4)9-7-15(18)14(12-16)13-17/h7,9,12H,5-6,8H2,1-4H3. The molecule has 0 fully saturated rings. The first-order chi connectivity index (χ1) is 8.82. The number of allylic oxidation sites excluding steroid dienone is 4. The molecule has 0 aromatic carbocycles. The van der Waals surface area contributed by atoms with Crippen LogP contribution < -0.4 is 0 Å². The van der Waals surface area contributed by atoms with Gasteiger partial charge in [0.15, 0.2) is 5.78 Å². The van der Waals surface area contributed by atoms with Crippen molar-refractivity contribution in [3.8, 4) is 17.5 Å². The smallest absolute Gasteiger partial charge is 0.195 e. The largest absolute Gasteiger partial charge is 0.289 e. The maximum atomic E-state index is 11.6. The maximum absolute atomic E-state index is 11.6. The summed E-state index contributed by atoms with van der Waals surface area (Å²) in [5.74, 6) is 3.14. The van der Waals surface area contributed by atoms with Crippen LogP contribution >= 0.6 is 0 Å². The van der Waals surface area contributed by atoms with Crippen LogP contribution in [-0.2, 0) is 4.79 Å². The average Bonchev–Trinajstić information content (AvgIpc) is 2.36. The minimum atomic E-state index is -1.47. The molecule has 0 aliphatic heterocycles. The van der Waals surface area contributed by atoms with E-state index in [0.29, 0.717) is 0 Å². The monoisotopic (exact) mass is 271 g/mol. The summed E-state index contributed by atoms with van der Waals surface area (Å²) in [6, 6.07) is 1.99. The molecule has 0 heterocycles. The number of hydrogen-bond donors (Lipinski definition) is 0. The molecular formula is C16H21NOSi. The van der Waals surface area contributed by atoms with Crippen molar-refractivity contribution < 1.29 is 4.79 Å². The molecule has 0 radical (unpaired) electrons. The minimum Gasteiger partial charge on any atom is -0.289 e. The Balaban J connectivity index is 3.18. The van der Waals surface area contributed by atoms with E-state index in [1.165, 1.54) is 6.08 Å². The molecule has 1 aliphatic carbocycles. The number of nitriles is 1. The van der Waals surface area contributed by atoms with Crippen LogP contribution in [0.4, 0.5) is 0 Å². The minimum absolute atomic E-state index is 0.204. The van der Waals surface area contributed by atoms with Crippen molar-refractivity contribution >= 4 is 13.9 Å². The van der Waals surface area contributed by atoms with E-state index in [9.17, 15) is 4.79 Å². The quantitative estimate of drug-likeness (QED) is 0.581. The third-order valence-corrected chi connectivity index (χ3v) is 3.81. The van der Waals surface area contributed by atoms with E-state index in [2.05, 4.69) is 38.0 Å². The highest BCUT2D eigenvalue weighted by atomic mass is 28.3. The van der Waals surface area contributed by atoms with Gasteiger partial charge in [0.05, 0.1) is 11.0 Å². The first-order valence-corrected chi connectivity index (χ1v) is 10.2. The highest BCUT2D eigenvalue weighted by Gasteiger charge is 2.28. The van der Waals surface area contributed by atoms with Crippen molar-refractivity contribution in [1.82, 2.24) is 0 Å². The third kappa shape index (κ3) is 4.54. The lowest BCUT2D eigenvalue weighted by atomic mass is 9.78. The van der Waals surface area contributed by atoms with Crippen LogP contribution in [0.25, 0.3) is 0 Å². The summed E-state index contributed by atoms with van der Waals surface area (Å²) in [7, 11) is -1.47. The lowest BCUT2D eigenvalue weighted by Gasteiger charge is -2.24. The first kappa shape index (κ1) is 15.5. The molecule has 1 unspecified atom stereocenters. The molecule has 1 rings (SSSR count). The fourth-order valence-electron chi connectivity index (χ4n) is 1.85. The number of ketones is 1. The molecule has 3 heteroatoms.